The Labute approximate surface area is 162 Å². The Kier molecular flexibility index (Phi) is 8.79. The average molecular weight is 376 g/mol. The van der Waals surface area contributed by atoms with Gasteiger partial charge in [-0.25, -0.2) is 0 Å². The van der Waals surface area contributed by atoms with Gasteiger partial charge in [0.05, 0.1) is 6.10 Å². The summed E-state index contributed by atoms with van der Waals surface area (Å²) in [6, 6.07) is 8.58. The fraction of sp³-hybridized carbons (Fsp3) is 0.636. The molecular weight excluding hydrogens is 344 g/mol. The van der Waals surface area contributed by atoms with E-state index in [9.17, 15) is 9.59 Å². The van der Waals surface area contributed by atoms with Gasteiger partial charge in [0.15, 0.2) is 0 Å². The average Bonchev–Trinajstić information content (AvgIpc) is 2.64. The van der Waals surface area contributed by atoms with Gasteiger partial charge in [-0.15, -0.1) is 0 Å². The van der Waals surface area contributed by atoms with Gasteiger partial charge in [0.25, 0.3) is 0 Å². The van der Waals surface area contributed by atoms with Crippen molar-refractivity contribution in [2.24, 2.45) is 0 Å². The summed E-state index contributed by atoms with van der Waals surface area (Å²) in [7, 11) is 0. The molecule has 3 atom stereocenters. The van der Waals surface area contributed by atoms with Crippen LogP contribution in [0.1, 0.15) is 76.5 Å². The van der Waals surface area contributed by atoms with Crippen LogP contribution in [0, 0.1) is 0 Å². The number of hydrogen-bond donors (Lipinski definition) is 0. The van der Waals surface area contributed by atoms with E-state index in [1.54, 1.807) is 0 Å². The Morgan fingerprint density at radius 2 is 1.78 bits per heavy atom. The van der Waals surface area contributed by atoms with Gasteiger partial charge in [-0.05, 0) is 36.8 Å². The van der Waals surface area contributed by atoms with E-state index in [-0.39, 0.29) is 30.8 Å². The molecule has 150 valence electrons. The normalized spacial score (nSPS) is 22.3. The van der Waals surface area contributed by atoms with Crippen molar-refractivity contribution in [1.82, 2.24) is 0 Å². The van der Waals surface area contributed by atoms with Crippen molar-refractivity contribution >= 4 is 11.9 Å². The minimum Gasteiger partial charge on any atom is -0.463 e. The first kappa shape index (κ1) is 21.4. The van der Waals surface area contributed by atoms with Gasteiger partial charge >= 0.3 is 11.9 Å². The molecule has 0 N–H and O–H groups in total. The molecule has 0 aliphatic carbocycles. The molecule has 1 aromatic rings. The molecule has 27 heavy (non-hydrogen) atoms. The quantitative estimate of drug-likeness (QED) is 0.468. The smallest absolute Gasteiger partial charge is 0.302 e. The maximum absolute atomic E-state index is 11.3. The van der Waals surface area contributed by atoms with Crippen molar-refractivity contribution in [2.45, 2.75) is 84.0 Å². The van der Waals surface area contributed by atoms with Gasteiger partial charge in [-0.2, -0.15) is 0 Å². The van der Waals surface area contributed by atoms with E-state index in [1.165, 1.54) is 45.1 Å². The molecule has 0 radical (unpaired) electrons. The molecule has 1 saturated heterocycles. The third-order valence-electron chi connectivity index (χ3n) is 4.91. The zero-order chi connectivity index (χ0) is 19.6. The first-order chi connectivity index (χ1) is 13.0. The third kappa shape index (κ3) is 7.33. The lowest BCUT2D eigenvalue weighted by Crippen LogP contribution is -2.41. The minimum atomic E-state index is -0.440. The molecule has 0 saturated carbocycles. The van der Waals surface area contributed by atoms with E-state index in [4.69, 9.17) is 14.2 Å². The lowest BCUT2D eigenvalue weighted by atomic mass is 9.95. The number of rotatable bonds is 9. The topological polar surface area (TPSA) is 61.8 Å². The number of aryl methyl sites for hydroxylation is 1. The zero-order valence-corrected chi connectivity index (χ0v) is 16.7. The molecule has 0 spiro atoms. The van der Waals surface area contributed by atoms with Gasteiger partial charge in [0.1, 0.15) is 18.8 Å². The molecular formula is C22H32O5. The van der Waals surface area contributed by atoms with Crippen molar-refractivity contribution in [3.63, 3.8) is 0 Å². The standard InChI is InChI=1S/C22H32O5/c1-4-5-6-7-8-18-9-11-19(12-10-18)20-13-14-21(26-17(3)24)22(27-20)15-25-16(2)23/h9-12,20-22H,4-8,13-15H2,1-3H3/t20-,21-,22+/m0/s1. The number of benzene rings is 1. The molecule has 0 aromatic heterocycles. The van der Waals surface area contributed by atoms with Crippen LogP contribution in [0.25, 0.3) is 0 Å². The van der Waals surface area contributed by atoms with Crippen molar-refractivity contribution < 1.29 is 23.8 Å². The van der Waals surface area contributed by atoms with E-state index < -0.39 is 6.10 Å². The highest BCUT2D eigenvalue weighted by atomic mass is 16.6. The van der Waals surface area contributed by atoms with Crippen LogP contribution in [0.15, 0.2) is 24.3 Å². The molecule has 0 bridgehead atoms. The monoisotopic (exact) mass is 376 g/mol. The molecule has 1 aliphatic heterocycles. The first-order valence-electron chi connectivity index (χ1n) is 10.0. The number of esters is 2. The lowest BCUT2D eigenvalue weighted by Gasteiger charge is -2.35. The summed E-state index contributed by atoms with van der Waals surface area (Å²) < 4.78 is 16.6. The SMILES string of the molecule is CCCCCCc1ccc([C@@H]2CC[C@H](OC(C)=O)[C@@H](COC(C)=O)O2)cc1. The predicted octanol–water partition coefficient (Wildman–Crippen LogP) is 4.52. The molecule has 1 heterocycles. The fourth-order valence-electron chi connectivity index (χ4n) is 3.46. The number of hydrogen-bond acceptors (Lipinski definition) is 5. The zero-order valence-electron chi connectivity index (χ0n) is 16.7. The molecule has 1 aromatic carbocycles. The summed E-state index contributed by atoms with van der Waals surface area (Å²) in [6.45, 7) is 5.06. The van der Waals surface area contributed by atoms with Crippen LogP contribution in [0.3, 0.4) is 0 Å². The van der Waals surface area contributed by atoms with Crippen LogP contribution in [0.5, 0.6) is 0 Å². The second-order valence-corrected chi connectivity index (χ2v) is 7.24. The molecule has 5 nitrogen and oxygen atoms in total. The molecule has 1 fully saturated rings. The van der Waals surface area contributed by atoms with Gasteiger partial charge in [-0.3, -0.25) is 9.59 Å². The third-order valence-corrected chi connectivity index (χ3v) is 4.91. The van der Waals surface area contributed by atoms with E-state index in [2.05, 4.69) is 31.2 Å². The number of ether oxygens (including phenoxy) is 3. The van der Waals surface area contributed by atoms with E-state index in [0.29, 0.717) is 6.42 Å². The first-order valence-corrected chi connectivity index (χ1v) is 10.0. The van der Waals surface area contributed by atoms with Crippen LogP contribution < -0.4 is 0 Å². The summed E-state index contributed by atoms with van der Waals surface area (Å²) in [6.07, 6.45) is 6.71. The molecule has 5 heteroatoms. The number of unbranched alkanes of at least 4 members (excludes halogenated alkanes) is 3. The van der Waals surface area contributed by atoms with Crippen LogP contribution in [0.4, 0.5) is 0 Å². The summed E-state index contributed by atoms with van der Waals surface area (Å²) in [5, 5.41) is 0. The van der Waals surface area contributed by atoms with Gasteiger partial charge < -0.3 is 14.2 Å². The maximum atomic E-state index is 11.3. The molecule has 0 amide bonds. The van der Waals surface area contributed by atoms with Gasteiger partial charge in [-0.1, -0.05) is 50.5 Å². The second kappa shape index (κ2) is 11.1. The predicted molar refractivity (Wildman–Crippen MR) is 103 cm³/mol. The molecule has 2 rings (SSSR count). The van der Waals surface area contributed by atoms with Crippen molar-refractivity contribution in [2.75, 3.05) is 6.61 Å². The van der Waals surface area contributed by atoms with Gasteiger partial charge in [0, 0.05) is 13.8 Å². The van der Waals surface area contributed by atoms with Crippen LogP contribution in [-0.4, -0.2) is 30.8 Å². The fourth-order valence-corrected chi connectivity index (χ4v) is 3.46. The summed E-state index contributed by atoms with van der Waals surface area (Å²) in [4.78, 5) is 22.5. The molecule has 1 aliphatic rings. The largest absolute Gasteiger partial charge is 0.463 e. The van der Waals surface area contributed by atoms with Crippen molar-refractivity contribution in [3.8, 4) is 0 Å². The Morgan fingerprint density at radius 3 is 2.41 bits per heavy atom. The summed E-state index contributed by atoms with van der Waals surface area (Å²) in [5.74, 6) is -0.711. The Hall–Kier alpha value is -1.88. The Morgan fingerprint density at radius 1 is 1.04 bits per heavy atom. The van der Waals surface area contributed by atoms with E-state index in [0.717, 1.165) is 18.4 Å². The lowest BCUT2D eigenvalue weighted by molar-refractivity contribution is -0.181. The van der Waals surface area contributed by atoms with E-state index >= 15 is 0 Å². The van der Waals surface area contributed by atoms with Crippen LogP contribution in [-0.2, 0) is 30.2 Å². The number of carbonyl (C=O) groups is 2. The highest BCUT2D eigenvalue weighted by Gasteiger charge is 2.34. The Bertz CT molecular complexity index is 595. The van der Waals surface area contributed by atoms with Crippen molar-refractivity contribution in [1.29, 1.82) is 0 Å². The summed E-state index contributed by atoms with van der Waals surface area (Å²) >= 11 is 0. The van der Waals surface area contributed by atoms with Crippen molar-refractivity contribution in [3.05, 3.63) is 35.4 Å². The minimum absolute atomic E-state index is 0.0773. The highest BCUT2D eigenvalue weighted by molar-refractivity contribution is 5.66. The number of carbonyl (C=O) groups excluding carboxylic acids is 2. The Balaban J connectivity index is 1.95. The molecule has 0 unspecified atom stereocenters. The maximum Gasteiger partial charge on any atom is 0.302 e. The van der Waals surface area contributed by atoms with E-state index in [1.807, 2.05) is 0 Å². The highest BCUT2D eigenvalue weighted by Crippen LogP contribution is 2.33. The van der Waals surface area contributed by atoms with Crippen LogP contribution in [0.2, 0.25) is 0 Å². The summed E-state index contributed by atoms with van der Waals surface area (Å²) in [5.41, 5.74) is 2.46. The second-order valence-electron chi connectivity index (χ2n) is 7.24. The van der Waals surface area contributed by atoms with Gasteiger partial charge in [0.2, 0.25) is 0 Å². The van der Waals surface area contributed by atoms with Crippen LogP contribution >= 0.6 is 0 Å².